The van der Waals surface area contributed by atoms with E-state index in [0.717, 1.165) is 11.3 Å². The molecule has 0 bridgehead atoms. The summed E-state index contributed by atoms with van der Waals surface area (Å²) in [6.07, 6.45) is 0. The molecule has 2 N–H and O–H groups in total. The van der Waals surface area contributed by atoms with Crippen LogP contribution in [0, 0.1) is 0 Å². The standard InChI is InChI=1S/C10H15NO.C2H6/c1-10(2,11)8-5-4-6-9(7-8)12-3;1-2/h4-7H,11H2,1-3H3;1-2H3. The third-order valence-electron chi connectivity index (χ3n) is 1.81. The largest absolute Gasteiger partial charge is 0.497 e. The normalized spacial score (nSPS) is 10.1. The van der Waals surface area contributed by atoms with Crippen LogP contribution < -0.4 is 10.5 Å². The number of benzene rings is 1. The highest BCUT2D eigenvalue weighted by atomic mass is 16.5. The summed E-state index contributed by atoms with van der Waals surface area (Å²) in [6, 6.07) is 7.82. The van der Waals surface area contributed by atoms with E-state index < -0.39 is 0 Å². The van der Waals surface area contributed by atoms with Gasteiger partial charge in [-0.2, -0.15) is 0 Å². The van der Waals surface area contributed by atoms with Crippen LogP contribution in [0.25, 0.3) is 0 Å². The van der Waals surface area contributed by atoms with Crippen LogP contribution >= 0.6 is 0 Å². The zero-order valence-corrected chi connectivity index (χ0v) is 9.79. The number of nitrogens with two attached hydrogens (primary N) is 1. The van der Waals surface area contributed by atoms with Gasteiger partial charge < -0.3 is 10.5 Å². The molecule has 0 radical (unpaired) electrons. The molecule has 80 valence electrons. The van der Waals surface area contributed by atoms with E-state index in [2.05, 4.69) is 0 Å². The topological polar surface area (TPSA) is 35.2 Å². The van der Waals surface area contributed by atoms with E-state index in [4.69, 9.17) is 10.5 Å². The van der Waals surface area contributed by atoms with Gasteiger partial charge in [-0.05, 0) is 31.5 Å². The SMILES string of the molecule is CC.COc1cccc(C(C)(C)N)c1. The fourth-order valence-corrected chi connectivity index (χ4v) is 1.02. The number of hydrogen-bond donors (Lipinski definition) is 1. The van der Waals surface area contributed by atoms with Crippen LogP contribution in [0.15, 0.2) is 24.3 Å². The van der Waals surface area contributed by atoms with E-state index in [0.29, 0.717) is 0 Å². The number of ether oxygens (including phenoxy) is 1. The van der Waals surface area contributed by atoms with E-state index in [1.165, 1.54) is 0 Å². The minimum absolute atomic E-state index is 0.297. The summed E-state index contributed by atoms with van der Waals surface area (Å²) in [5, 5.41) is 0. The summed E-state index contributed by atoms with van der Waals surface area (Å²) in [6.45, 7) is 7.95. The van der Waals surface area contributed by atoms with Gasteiger partial charge >= 0.3 is 0 Å². The molecular weight excluding hydrogens is 174 g/mol. The van der Waals surface area contributed by atoms with Crippen molar-refractivity contribution in [2.24, 2.45) is 5.73 Å². The molecule has 0 fully saturated rings. The number of hydrogen-bond acceptors (Lipinski definition) is 2. The highest BCUT2D eigenvalue weighted by Crippen LogP contribution is 2.21. The Balaban J connectivity index is 0.000000791. The van der Waals surface area contributed by atoms with Crippen LogP contribution in [0.3, 0.4) is 0 Å². The molecule has 0 amide bonds. The van der Waals surface area contributed by atoms with Crippen molar-refractivity contribution in [1.29, 1.82) is 0 Å². The maximum atomic E-state index is 5.92. The minimum atomic E-state index is -0.297. The van der Waals surface area contributed by atoms with Crippen molar-refractivity contribution in [2.75, 3.05) is 7.11 Å². The summed E-state index contributed by atoms with van der Waals surface area (Å²) < 4.78 is 5.09. The molecule has 0 aliphatic carbocycles. The van der Waals surface area contributed by atoms with Gasteiger partial charge in [0.1, 0.15) is 5.75 Å². The van der Waals surface area contributed by atoms with E-state index in [9.17, 15) is 0 Å². The van der Waals surface area contributed by atoms with E-state index in [-0.39, 0.29) is 5.54 Å². The summed E-state index contributed by atoms with van der Waals surface area (Å²) in [5.74, 6) is 0.853. The summed E-state index contributed by atoms with van der Waals surface area (Å²) in [4.78, 5) is 0. The lowest BCUT2D eigenvalue weighted by atomic mass is 9.96. The van der Waals surface area contributed by atoms with E-state index >= 15 is 0 Å². The van der Waals surface area contributed by atoms with E-state index in [1.54, 1.807) is 7.11 Å². The maximum absolute atomic E-state index is 5.92. The Hall–Kier alpha value is -1.02. The predicted molar refractivity (Wildman–Crippen MR) is 61.6 cm³/mol. The fourth-order valence-electron chi connectivity index (χ4n) is 1.02. The molecule has 0 heterocycles. The fraction of sp³-hybridized carbons (Fsp3) is 0.500. The minimum Gasteiger partial charge on any atom is -0.497 e. The second-order valence-electron chi connectivity index (χ2n) is 3.45. The van der Waals surface area contributed by atoms with Crippen LogP contribution in [0.5, 0.6) is 5.75 Å². The van der Waals surface area contributed by atoms with Crippen molar-refractivity contribution in [3.05, 3.63) is 29.8 Å². The third-order valence-corrected chi connectivity index (χ3v) is 1.81. The molecule has 0 spiro atoms. The van der Waals surface area contributed by atoms with Crippen molar-refractivity contribution >= 4 is 0 Å². The zero-order chi connectivity index (χ0) is 11.2. The average molecular weight is 195 g/mol. The second-order valence-corrected chi connectivity index (χ2v) is 3.45. The Morgan fingerprint density at radius 3 is 2.21 bits per heavy atom. The van der Waals surface area contributed by atoms with Crippen molar-refractivity contribution in [1.82, 2.24) is 0 Å². The summed E-state index contributed by atoms with van der Waals surface area (Å²) >= 11 is 0. The molecule has 2 nitrogen and oxygen atoms in total. The molecule has 1 aromatic rings. The molecule has 0 saturated heterocycles. The zero-order valence-electron chi connectivity index (χ0n) is 9.79. The molecule has 0 saturated carbocycles. The third kappa shape index (κ3) is 3.79. The molecular formula is C12H21NO. The van der Waals surface area contributed by atoms with Crippen LogP contribution in [0.4, 0.5) is 0 Å². The molecule has 0 unspecified atom stereocenters. The lowest BCUT2D eigenvalue weighted by Crippen LogP contribution is -2.28. The van der Waals surface area contributed by atoms with Gasteiger partial charge in [0.05, 0.1) is 7.11 Å². The lowest BCUT2D eigenvalue weighted by molar-refractivity contribution is 0.412. The average Bonchev–Trinajstić information content (AvgIpc) is 2.20. The van der Waals surface area contributed by atoms with Crippen molar-refractivity contribution in [2.45, 2.75) is 33.2 Å². The predicted octanol–water partition coefficient (Wildman–Crippen LogP) is 2.92. The Bertz CT molecular complexity index is 263. The first-order valence-corrected chi connectivity index (χ1v) is 4.97. The first-order chi connectivity index (χ1) is 6.54. The smallest absolute Gasteiger partial charge is 0.119 e. The lowest BCUT2D eigenvalue weighted by Gasteiger charge is -2.19. The Labute approximate surface area is 87.1 Å². The van der Waals surface area contributed by atoms with Gasteiger partial charge in [0, 0.05) is 5.54 Å². The van der Waals surface area contributed by atoms with Crippen LogP contribution in [0.1, 0.15) is 33.3 Å². The maximum Gasteiger partial charge on any atom is 0.119 e. The van der Waals surface area contributed by atoms with Crippen LogP contribution in [-0.4, -0.2) is 7.11 Å². The quantitative estimate of drug-likeness (QED) is 0.787. The molecule has 0 aliphatic rings. The Morgan fingerprint density at radius 2 is 1.79 bits per heavy atom. The highest BCUT2D eigenvalue weighted by Gasteiger charge is 2.13. The monoisotopic (exact) mass is 195 g/mol. The molecule has 14 heavy (non-hydrogen) atoms. The van der Waals surface area contributed by atoms with Crippen molar-refractivity contribution < 1.29 is 4.74 Å². The molecule has 1 rings (SSSR count). The molecule has 1 aromatic carbocycles. The van der Waals surface area contributed by atoms with Gasteiger partial charge in [0.25, 0.3) is 0 Å². The van der Waals surface area contributed by atoms with E-state index in [1.807, 2.05) is 52.0 Å². The number of rotatable bonds is 2. The second kappa shape index (κ2) is 5.66. The first kappa shape index (κ1) is 13.0. The van der Waals surface area contributed by atoms with Crippen LogP contribution in [-0.2, 0) is 5.54 Å². The molecule has 0 aromatic heterocycles. The Kier molecular flexibility index (Phi) is 5.24. The first-order valence-electron chi connectivity index (χ1n) is 4.97. The molecule has 0 atom stereocenters. The molecule has 0 aliphatic heterocycles. The van der Waals surface area contributed by atoms with Gasteiger partial charge in [-0.15, -0.1) is 0 Å². The van der Waals surface area contributed by atoms with Gasteiger partial charge in [-0.1, -0.05) is 26.0 Å². The van der Waals surface area contributed by atoms with Crippen molar-refractivity contribution in [3.63, 3.8) is 0 Å². The van der Waals surface area contributed by atoms with Gasteiger partial charge in [0.15, 0.2) is 0 Å². The van der Waals surface area contributed by atoms with Gasteiger partial charge in [-0.3, -0.25) is 0 Å². The molecule has 2 heteroatoms. The van der Waals surface area contributed by atoms with Gasteiger partial charge in [0.2, 0.25) is 0 Å². The van der Waals surface area contributed by atoms with Crippen molar-refractivity contribution in [3.8, 4) is 5.75 Å². The summed E-state index contributed by atoms with van der Waals surface area (Å²) in [5.41, 5.74) is 6.71. The Morgan fingerprint density at radius 1 is 1.21 bits per heavy atom. The summed E-state index contributed by atoms with van der Waals surface area (Å²) in [7, 11) is 1.66. The number of methoxy groups -OCH3 is 1. The highest BCUT2D eigenvalue weighted by molar-refractivity contribution is 5.32. The van der Waals surface area contributed by atoms with Crippen LogP contribution in [0.2, 0.25) is 0 Å². The van der Waals surface area contributed by atoms with Gasteiger partial charge in [-0.25, -0.2) is 0 Å².